The van der Waals surface area contributed by atoms with Crippen molar-refractivity contribution in [3.8, 4) is 0 Å². The molecular weight excluding hydrogens is 360 g/mol. The van der Waals surface area contributed by atoms with Gasteiger partial charge in [0.15, 0.2) is 0 Å². The van der Waals surface area contributed by atoms with Gasteiger partial charge in [-0.1, -0.05) is 24.3 Å². The van der Waals surface area contributed by atoms with E-state index in [1.165, 1.54) is 63.0 Å². The molecule has 1 aromatic rings. The Morgan fingerprint density at radius 3 is 2.69 bits per heavy atom. The Balaban J connectivity index is 1.54. The highest BCUT2D eigenvalue weighted by Gasteiger charge is 2.41. The maximum absolute atomic E-state index is 13.1. The fourth-order valence-corrected chi connectivity index (χ4v) is 5.73. The van der Waals surface area contributed by atoms with Crippen LogP contribution in [0.5, 0.6) is 0 Å². The Morgan fingerprint density at radius 2 is 1.93 bits per heavy atom. The van der Waals surface area contributed by atoms with Crippen LogP contribution in [0.15, 0.2) is 24.3 Å². The van der Waals surface area contributed by atoms with E-state index in [4.69, 9.17) is 0 Å². The van der Waals surface area contributed by atoms with Crippen molar-refractivity contribution in [2.24, 2.45) is 11.3 Å². The molecule has 0 bridgehead atoms. The van der Waals surface area contributed by atoms with Crippen molar-refractivity contribution < 1.29 is 4.79 Å². The van der Waals surface area contributed by atoms with Gasteiger partial charge in [0.05, 0.1) is 6.54 Å². The quantitative estimate of drug-likeness (QED) is 0.844. The van der Waals surface area contributed by atoms with Crippen molar-refractivity contribution in [2.75, 3.05) is 59.9 Å². The summed E-state index contributed by atoms with van der Waals surface area (Å²) in [7, 11) is 3.97. The Hall–Kier alpha value is -1.43. The summed E-state index contributed by atoms with van der Waals surface area (Å²) in [5.41, 5.74) is 2.99. The van der Waals surface area contributed by atoms with E-state index in [9.17, 15) is 4.79 Å². The molecule has 5 heteroatoms. The minimum absolute atomic E-state index is 0.194. The normalized spacial score (nSPS) is 26.5. The highest BCUT2D eigenvalue weighted by atomic mass is 16.2. The first kappa shape index (κ1) is 20.8. The number of carbonyl (C=O) groups excluding carboxylic acids is 1. The topological polar surface area (TPSA) is 38.8 Å². The first-order valence-corrected chi connectivity index (χ1v) is 11.5. The van der Waals surface area contributed by atoms with Gasteiger partial charge in [-0.3, -0.25) is 4.79 Å². The molecule has 0 saturated carbocycles. The second-order valence-electron chi connectivity index (χ2n) is 9.97. The number of rotatable bonds is 4. The molecule has 1 N–H and O–H groups in total. The Kier molecular flexibility index (Phi) is 6.57. The van der Waals surface area contributed by atoms with E-state index < -0.39 is 0 Å². The summed E-state index contributed by atoms with van der Waals surface area (Å²) < 4.78 is 0. The number of benzene rings is 1. The minimum Gasteiger partial charge on any atom is -0.337 e. The van der Waals surface area contributed by atoms with Crippen molar-refractivity contribution >= 4 is 5.91 Å². The molecule has 3 heterocycles. The van der Waals surface area contributed by atoms with Crippen LogP contribution >= 0.6 is 0 Å². The van der Waals surface area contributed by atoms with Gasteiger partial charge < -0.3 is 20.0 Å². The lowest BCUT2D eigenvalue weighted by Gasteiger charge is -2.45. The predicted octanol–water partition coefficient (Wildman–Crippen LogP) is 2.21. The second kappa shape index (κ2) is 9.15. The summed E-state index contributed by atoms with van der Waals surface area (Å²) in [5.74, 6) is 1.09. The van der Waals surface area contributed by atoms with Crippen molar-refractivity contribution in [1.29, 1.82) is 0 Å². The van der Waals surface area contributed by atoms with Crippen LogP contribution in [0.3, 0.4) is 0 Å². The first-order chi connectivity index (χ1) is 14.0. The molecule has 1 amide bonds. The van der Waals surface area contributed by atoms with E-state index in [0.29, 0.717) is 6.54 Å². The third-order valence-electron chi connectivity index (χ3n) is 7.09. The number of nitrogens with one attached hydrogen (secondary N) is 1. The summed E-state index contributed by atoms with van der Waals surface area (Å²) in [6.45, 7) is 8.09. The van der Waals surface area contributed by atoms with E-state index in [1.54, 1.807) is 0 Å². The lowest BCUT2D eigenvalue weighted by Crippen LogP contribution is -2.52. The SMILES string of the molecule is CN(C)CC(=O)N1Cc2ccccc2CC2(CCCN(CC3CCNCC3)C2)C1. The van der Waals surface area contributed by atoms with Gasteiger partial charge >= 0.3 is 0 Å². The zero-order chi connectivity index (χ0) is 20.3. The van der Waals surface area contributed by atoms with Gasteiger partial charge in [0.1, 0.15) is 0 Å². The molecule has 0 aliphatic carbocycles. The van der Waals surface area contributed by atoms with Gasteiger partial charge in [-0.05, 0) is 82.9 Å². The summed E-state index contributed by atoms with van der Waals surface area (Å²) in [6, 6.07) is 8.80. The van der Waals surface area contributed by atoms with Gasteiger partial charge in [0, 0.05) is 31.6 Å². The smallest absolute Gasteiger partial charge is 0.237 e. The molecule has 1 spiro atoms. The molecule has 4 rings (SSSR count). The molecule has 2 fully saturated rings. The maximum Gasteiger partial charge on any atom is 0.237 e. The number of fused-ring (bicyclic) bond motifs is 1. The molecule has 5 nitrogen and oxygen atoms in total. The van der Waals surface area contributed by atoms with E-state index in [2.05, 4.69) is 39.4 Å². The van der Waals surface area contributed by atoms with Crippen molar-refractivity contribution in [3.63, 3.8) is 0 Å². The number of carbonyl (C=O) groups is 1. The van der Waals surface area contributed by atoms with Gasteiger partial charge in [0.2, 0.25) is 5.91 Å². The number of likely N-dealkylation sites (tertiary alicyclic amines) is 1. The number of hydrogen-bond acceptors (Lipinski definition) is 4. The molecular formula is C24H38N4O. The van der Waals surface area contributed by atoms with Crippen LogP contribution in [-0.4, -0.2) is 80.5 Å². The van der Waals surface area contributed by atoms with Gasteiger partial charge in [-0.2, -0.15) is 0 Å². The molecule has 160 valence electrons. The largest absolute Gasteiger partial charge is 0.337 e. The average molecular weight is 399 g/mol. The van der Waals surface area contributed by atoms with E-state index in [0.717, 1.165) is 32.0 Å². The molecule has 1 aromatic carbocycles. The number of nitrogens with zero attached hydrogens (tertiary/aromatic N) is 3. The van der Waals surface area contributed by atoms with E-state index in [-0.39, 0.29) is 11.3 Å². The van der Waals surface area contributed by atoms with Gasteiger partial charge in [-0.25, -0.2) is 0 Å². The van der Waals surface area contributed by atoms with Crippen LogP contribution in [0.1, 0.15) is 36.8 Å². The molecule has 0 aromatic heterocycles. The van der Waals surface area contributed by atoms with Gasteiger partial charge in [-0.15, -0.1) is 0 Å². The Bertz CT molecular complexity index is 700. The molecule has 1 unspecified atom stereocenters. The molecule has 29 heavy (non-hydrogen) atoms. The Labute approximate surface area is 176 Å². The van der Waals surface area contributed by atoms with Crippen LogP contribution < -0.4 is 5.32 Å². The highest BCUT2D eigenvalue weighted by molar-refractivity contribution is 5.78. The van der Waals surface area contributed by atoms with Gasteiger partial charge in [0.25, 0.3) is 0 Å². The summed E-state index contributed by atoms with van der Waals surface area (Å²) in [6.07, 6.45) is 6.20. The van der Waals surface area contributed by atoms with Crippen LogP contribution in [0.25, 0.3) is 0 Å². The zero-order valence-electron chi connectivity index (χ0n) is 18.3. The predicted molar refractivity (Wildman–Crippen MR) is 118 cm³/mol. The van der Waals surface area contributed by atoms with Crippen LogP contribution in [0, 0.1) is 11.3 Å². The molecule has 2 saturated heterocycles. The van der Waals surface area contributed by atoms with Crippen molar-refractivity contribution in [1.82, 2.24) is 20.0 Å². The molecule has 3 aliphatic heterocycles. The third kappa shape index (κ3) is 5.19. The zero-order valence-corrected chi connectivity index (χ0v) is 18.3. The van der Waals surface area contributed by atoms with Crippen molar-refractivity contribution in [3.05, 3.63) is 35.4 Å². The van der Waals surface area contributed by atoms with Crippen LogP contribution in [-0.2, 0) is 17.8 Å². The fourth-order valence-electron chi connectivity index (χ4n) is 5.73. The monoisotopic (exact) mass is 398 g/mol. The highest BCUT2D eigenvalue weighted by Crippen LogP contribution is 2.39. The van der Waals surface area contributed by atoms with Crippen LogP contribution in [0.2, 0.25) is 0 Å². The van der Waals surface area contributed by atoms with Crippen LogP contribution in [0.4, 0.5) is 0 Å². The van der Waals surface area contributed by atoms with E-state index in [1.807, 2.05) is 19.0 Å². The number of hydrogen-bond donors (Lipinski definition) is 1. The lowest BCUT2D eigenvalue weighted by atomic mass is 9.74. The first-order valence-electron chi connectivity index (χ1n) is 11.5. The van der Waals surface area contributed by atoms with E-state index >= 15 is 0 Å². The Morgan fingerprint density at radius 1 is 1.17 bits per heavy atom. The summed E-state index contributed by atoms with van der Waals surface area (Å²) in [4.78, 5) is 19.9. The lowest BCUT2D eigenvalue weighted by molar-refractivity contribution is -0.134. The minimum atomic E-state index is 0.194. The average Bonchev–Trinajstić information content (AvgIpc) is 2.85. The van der Waals surface area contributed by atoms with Crippen molar-refractivity contribution in [2.45, 2.75) is 38.6 Å². The molecule has 1 atom stereocenters. The molecule has 0 radical (unpaired) electrons. The number of amides is 1. The second-order valence-corrected chi connectivity index (χ2v) is 9.97. The summed E-state index contributed by atoms with van der Waals surface area (Å²) in [5, 5.41) is 3.50. The summed E-state index contributed by atoms with van der Waals surface area (Å²) >= 11 is 0. The standard InChI is InChI=1S/C24H38N4O/c1-26(2)17-23(29)28-16-22-7-4-3-6-21(22)14-24(19-28)10-5-13-27(18-24)15-20-8-11-25-12-9-20/h3-4,6-7,20,25H,5,8-19H2,1-2H3. The number of piperidine rings is 2. The maximum atomic E-state index is 13.1. The fraction of sp³-hybridized carbons (Fsp3) is 0.708. The number of likely N-dealkylation sites (N-methyl/N-ethyl adjacent to an activating group) is 1. The molecule has 3 aliphatic rings. The third-order valence-corrected chi connectivity index (χ3v) is 7.09.